The third-order valence-corrected chi connectivity index (χ3v) is 5.14. The fraction of sp³-hybridized carbons (Fsp3) is 0.440. The average Bonchev–Trinajstić information content (AvgIpc) is 2.77. The summed E-state index contributed by atoms with van der Waals surface area (Å²) in [6.45, 7) is 6.12. The number of aliphatic hydroxyl groups excluding tert-OH is 1. The lowest BCUT2D eigenvalue weighted by atomic mass is 9.99. The van der Waals surface area contributed by atoms with Gasteiger partial charge in [-0.05, 0) is 29.2 Å². The first-order chi connectivity index (χ1) is 16.5. The Hall–Kier alpha value is -3.66. The van der Waals surface area contributed by atoms with Crippen molar-refractivity contribution in [2.45, 2.75) is 52.5 Å². The third kappa shape index (κ3) is 8.56. The highest BCUT2D eigenvalue weighted by Gasteiger charge is 2.29. The number of nitrogens with one attached hydrogen (secondary N) is 2. The van der Waals surface area contributed by atoms with E-state index < -0.39 is 48.8 Å². The highest BCUT2D eigenvalue weighted by molar-refractivity contribution is 5.88. The molecule has 35 heavy (non-hydrogen) atoms. The topological polar surface area (TPSA) is 145 Å². The van der Waals surface area contributed by atoms with E-state index in [0.717, 1.165) is 16.3 Å². The summed E-state index contributed by atoms with van der Waals surface area (Å²) in [5.74, 6) is -2.66. The maximum absolute atomic E-state index is 13.0. The Morgan fingerprint density at radius 1 is 0.971 bits per heavy atom. The van der Waals surface area contributed by atoms with Crippen LogP contribution in [0.25, 0.3) is 10.8 Å². The number of nitrogens with zero attached hydrogens (tertiary/aromatic N) is 1. The van der Waals surface area contributed by atoms with Crippen LogP contribution in [-0.2, 0) is 25.5 Å². The number of hydrogen-bond acceptors (Lipinski definition) is 6. The number of amides is 3. The van der Waals surface area contributed by atoms with Gasteiger partial charge in [0.1, 0.15) is 6.04 Å². The van der Waals surface area contributed by atoms with Crippen molar-refractivity contribution in [1.29, 1.82) is 0 Å². The number of aliphatic carboxylic acids is 1. The van der Waals surface area contributed by atoms with E-state index in [9.17, 15) is 29.4 Å². The predicted molar refractivity (Wildman–Crippen MR) is 129 cm³/mol. The minimum atomic E-state index is -1.68. The minimum Gasteiger partial charge on any atom is -0.480 e. The summed E-state index contributed by atoms with van der Waals surface area (Å²) in [7, 11) is 0. The number of carboxylic acids is 1. The van der Waals surface area contributed by atoms with Gasteiger partial charge in [0.25, 0.3) is 0 Å². The van der Waals surface area contributed by atoms with E-state index in [0.29, 0.717) is 0 Å². The Morgan fingerprint density at radius 3 is 2.26 bits per heavy atom. The largest absolute Gasteiger partial charge is 0.480 e. The van der Waals surface area contributed by atoms with Crippen LogP contribution in [0.1, 0.15) is 33.3 Å². The van der Waals surface area contributed by atoms with Crippen molar-refractivity contribution in [1.82, 2.24) is 15.5 Å². The number of carboxylic acid groups (broad SMARTS) is 1. The lowest BCUT2D eigenvalue weighted by Crippen LogP contribution is -2.52. The first kappa shape index (κ1) is 27.6. The van der Waals surface area contributed by atoms with Gasteiger partial charge in [-0.1, -0.05) is 56.3 Å². The predicted octanol–water partition coefficient (Wildman–Crippen LogP) is 1.89. The van der Waals surface area contributed by atoms with Crippen molar-refractivity contribution in [3.8, 4) is 0 Å². The number of carbonyl (C=O) groups is 4. The molecule has 0 aromatic heterocycles. The van der Waals surface area contributed by atoms with E-state index >= 15 is 0 Å². The Bertz CT molecular complexity index is 1050. The van der Waals surface area contributed by atoms with Gasteiger partial charge >= 0.3 is 18.0 Å². The molecule has 0 aliphatic rings. The molecule has 3 amide bonds. The number of esters is 1. The molecule has 10 nitrogen and oxygen atoms in total. The van der Waals surface area contributed by atoms with E-state index in [-0.39, 0.29) is 18.9 Å². The van der Waals surface area contributed by atoms with Gasteiger partial charge in [-0.25, -0.2) is 14.4 Å². The molecular formula is C25H33N3O7. The Labute approximate surface area is 204 Å². The maximum atomic E-state index is 13.0. The van der Waals surface area contributed by atoms with E-state index in [1.165, 1.54) is 18.7 Å². The molecule has 0 saturated carbocycles. The quantitative estimate of drug-likeness (QED) is 0.280. The lowest BCUT2D eigenvalue weighted by molar-refractivity contribution is -0.161. The molecule has 0 heterocycles. The molecule has 0 radical (unpaired) electrons. The lowest BCUT2D eigenvalue weighted by Gasteiger charge is -2.28. The molecule has 4 N–H and O–H groups in total. The fourth-order valence-electron chi connectivity index (χ4n) is 3.66. The van der Waals surface area contributed by atoms with E-state index in [2.05, 4.69) is 10.6 Å². The standard InChI is InChI=1S/C25H33N3O7/c1-15(2)13-28(14-22(30)24(33)35-17(4)26-16(3)29)25(34)27-21(23(31)32)12-19-10-7-9-18-8-5-6-11-20(18)19/h5-11,15,17,21-22,30H,12-14H2,1-4H3,(H,26,29)(H,27,34)(H,31,32)/t17?,21-,22?/m0/s1. The van der Waals surface area contributed by atoms with Crippen molar-refractivity contribution in [3.05, 3.63) is 48.0 Å². The van der Waals surface area contributed by atoms with Crippen LogP contribution in [0.4, 0.5) is 4.79 Å². The van der Waals surface area contributed by atoms with Crippen molar-refractivity contribution in [2.24, 2.45) is 5.92 Å². The van der Waals surface area contributed by atoms with E-state index in [1.54, 1.807) is 0 Å². The van der Waals surface area contributed by atoms with Gasteiger partial charge in [0.15, 0.2) is 12.3 Å². The molecule has 0 aliphatic heterocycles. The van der Waals surface area contributed by atoms with Crippen LogP contribution in [0.3, 0.4) is 0 Å². The Balaban J connectivity index is 2.12. The normalized spacial score (nSPS) is 13.5. The number of carbonyl (C=O) groups excluding carboxylic acids is 3. The van der Waals surface area contributed by atoms with Gasteiger partial charge < -0.3 is 30.5 Å². The van der Waals surface area contributed by atoms with Crippen molar-refractivity contribution in [3.63, 3.8) is 0 Å². The third-order valence-electron chi connectivity index (χ3n) is 5.14. The number of aliphatic hydroxyl groups is 1. The zero-order chi connectivity index (χ0) is 26.1. The molecule has 0 fully saturated rings. The van der Waals surface area contributed by atoms with Crippen LogP contribution in [0.15, 0.2) is 42.5 Å². The van der Waals surface area contributed by atoms with Gasteiger partial charge in [0.05, 0.1) is 6.54 Å². The highest BCUT2D eigenvalue weighted by atomic mass is 16.6. The van der Waals surface area contributed by atoms with Gasteiger partial charge in [-0.2, -0.15) is 0 Å². The average molecular weight is 488 g/mol. The smallest absolute Gasteiger partial charge is 0.338 e. The number of rotatable bonds is 11. The first-order valence-electron chi connectivity index (χ1n) is 11.4. The molecule has 0 saturated heterocycles. The summed E-state index contributed by atoms with van der Waals surface area (Å²) in [5.41, 5.74) is 0.766. The summed E-state index contributed by atoms with van der Waals surface area (Å²) < 4.78 is 4.97. The van der Waals surface area contributed by atoms with Crippen LogP contribution in [-0.4, -0.2) is 70.5 Å². The van der Waals surface area contributed by atoms with E-state index in [4.69, 9.17) is 4.74 Å². The Morgan fingerprint density at radius 2 is 1.63 bits per heavy atom. The number of hydrogen-bond donors (Lipinski definition) is 4. The number of fused-ring (bicyclic) bond motifs is 1. The van der Waals surface area contributed by atoms with Crippen LogP contribution in [0.5, 0.6) is 0 Å². The second kappa shape index (κ2) is 12.7. The molecule has 2 unspecified atom stereocenters. The van der Waals surface area contributed by atoms with Crippen molar-refractivity contribution < 1.29 is 34.1 Å². The molecule has 3 atom stereocenters. The number of benzene rings is 2. The van der Waals surface area contributed by atoms with Crippen molar-refractivity contribution in [2.75, 3.05) is 13.1 Å². The van der Waals surface area contributed by atoms with Gasteiger partial charge in [0.2, 0.25) is 5.91 Å². The molecular weight excluding hydrogens is 454 g/mol. The van der Waals surface area contributed by atoms with Gasteiger partial charge in [0, 0.05) is 19.9 Å². The second-order valence-electron chi connectivity index (χ2n) is 8.78. The van der Waals surface area contributed by atoms with Crippen LogP contribution >= 0.6 is 0 Å². The molecule has 2 aromatic rings. The summed E-state index contributed by atoms with van der Waals surface area (Å²) >= 11 is 0. The van der Waals surface area contributed by atoms with Crippen molar-refractivity contribution >= 4 is 34.6 Å². The summed E-state index contributed by atoms with van der Waals surface area (Å²) in [6.07, 6.45) is -2.59. The highest BCUT2D eigenvalue weighted by Crippen LogP contribution is 2.20. The molecule has 10 heteroatoms. The zero-order valence-corrected chi connectivity index (χ0v) is 20.4. The monoisotopic (exact) mass is 487 g/mol. The molecule has 190 valence electrons. The van der Waals surface area contributed by atoms with Crippen LogP contribution in [0, 0.1) is 5.92 Å². The molecule has 0 aliphatic carbocycles. The SMILES string of the molecule is CC(=O)NC(C)OC(=O)C(O)CN(CC(C)C)C(=O)N[C@@H](Cc1cccc2ccccc12)C(=O)O. The molecule has 2 aromatic carbocycles. The molecule has 0 spiro atoms. The number of ether oxygens (including phenoxy) is 1. The maximum Gasteiger partial charge on any atom is 0.338 e. The second-order valence-corrected chi connectivity index (χ2v) is 8.78. The van der Waals surface area contributed by atoms with E-state index in [1.807, 2.05) is 56.3 Å². The summed E-state index contributed by atoms with van der Waals surface area (Å²) in [5, 5.41) is 26.8. The first-order valence-corrected chi connectivity index (χ1v) is 11.4. The Kier molecular flexibility index (Phi) is 10.0. The van der Waals surface area contributed by atoms with Gasteiger partial charge in [-0.15, -0.1) is 0 Å². The molecule has 2 rings (SSSR count). The molecule has 0 bridgehead atoms. The minimum absolute atomic E-state index is 0.0244. The summed E-state index contributed by atoms with van der Waals surface area (Å²) in [4.78, 5) is 49.4. The van der Waals surface area contributed by atoms with Crippen LogP contribution < -0.4 is 10.6 Å². The van der Waals surface area contributed by atoms with Crippen LogP contribution in [0.2, 0.25) is 0 Å². The fourth-order valence-corrected chi connectivity index (χ4v) is 3.66. The van der Waals surface area contributed by atoms with Gasteiger partial charge in [-0.3, -0.25) is 4.79 Å². The number of urea groups is 1. The summed E-state index contributed by atoms with van der Waals surface area (Å²) in [6, 6.07) is 11.2. The zero-order valence-electron chi connectivity index (χ0n) is 20.4.